The Morgan fingerprint density at radius 2 is 0.986 bits per heavy atom. The third-order valence-corrected chi connectivity index (χ3v) is 16.7. The van der Waals surface area contributed by atoms with E-state index in [1.807, 2.05) is 13.8 Å². The fraction of sp³-hybridized carbons (Fsp3) is 0.926. The van der Waals surface area contributed by atoms with Crippen LogP contribution in [0.25, 0.3) is 0 Å². The molecule has 74 heavy (non-hydrogen) atoms. The smallest absolute Gasteiger partial charge is 0.311 e. The van der Waals surface area contributed by atoms with Crippen LogP contribution in [0.2, 0.25) is 0 Å². The van der Waals surface area contributed by atoms with Gasteiger partial charge in [-0.3, -0.25) is 19.3 Å². The summed E-state index contributed by atoms with van der Waals surface area (Å²) in [4.78, 5) is 40.9. The molecule has 0 N–H and O–H groups in total. The van der Waals surface area contributed by atoms with Gasteiger partial charge in [0.25, 0.3) is 0 Å². The van der Waals surface area contributed by atoms with E-state index in [1.54, 1.807) is 6.92 Å². The fourth-order valence-electron chi connectivity index (χ4n) is 10.7. The summed E-state index contributed by atoms with van der Waals surface area (Å²) in [5.41, 5.74) is -0.653. The quantitative estimate of drug-likeness (QED) is 0.0343. The Bertz CT molecular complexity index is 1280. The minimum atomic E-state index is -0.443. The van der Waals surface area contributed by atoms with Crippen molar-refractivity contribution in [2.24, 2.45) is 28.6 Å². The zero-order valence-electron chi connectivity index (χ0n) is 52.6. The molecule has 1 aliphatic rings. The minimum absolute atomic E-state index is 0.00404. The minimum Gasteiger partial charge on any atom is -0.462 e. The van der Waals surface area contributed by atoms with Gasteiger partial charge in [0.15, 0.2) is 0 Å². The Labute approximate surface area is 464 Å². The van der Waals surface area contributed by atoms with Crippen molar-refractivity contribution in [2.75, 3.05) is 26.3 Å². The highest BCUT2D eigenvalue weighted by atomic mass is 16.5. The maximum absolute atomic E-state index is 13.4. The monoisotopic (exact) mass is 1040 g/mol. The molecule has 440 valence electrons. The number of ketones is 2. The van der Waals surface area contributed by atoms with E-state index in [1.165, 1.54) is 141 Å². The van der Waals surface area contributed by atoms with E-state index in [4.69, 9.17) is 9.47 Å². The predicted octanol–water partition coefficient (Wildman–Crippen LogP) is 21.2. The molecule has 1 fully saturated rings. The molecular weight excluding hydrogens is 911 g/mol. The Balaban J connectivity index is 0. The molecule has 0 spiro atoms. The Hall–Kier alpha value is -1.53. The number of allylic oxidation sites excluding steroid dienone is 1. The van der Waals surface area contributed by atoms with Crippen LogP contribution in [0.4, 0.5) is 0 Å². The number of hydrogen-bond acceptors (Lipinski definition) is 6. The number of unbranched alkanes of at least 4 members (excludes halogenated alkanes) is 24. The molecule has 1 saturated heterocycles. The van der Waals surface area contributed by atoms with Crippen molar-refractivity contribution in [2.45, 2.75) is 353 Å². The van der Waals surface area contributed by atoms with Gasteiger partial charge >= 0.3 is 5.97 Å². The van der Waals surface area contributed by atoms with Gasteiger partial charge in [-0.1, -0.05) is 242 Å². The van der Waals surface area contributed by atoms with Gasteiger partial charge in [0.1, 0.15) is 17.7 Å². The Morgan fingerprint density at radius 1 is 0.568 bits per heavy atom. The first kappa shape index (κ1) is 74.5. The maximum atomic E-state index is 13.4. The molecule has 1 heterocycles. The Morgan fingerprint density at radius 3 is 1.49 bits per heavy atom. The number of rotatable bonds is 50. The lowest BCUT2D eigenvalue weighted by Gasteiger charge is -2.27. The predicted molar refractivity (Wildman–Crippen MR) is 325 cm³/mol. The normalized spacial score (nSPS) is 16.2. The first-order chi connectivity index (χ1) is 35.6. The number of Topliss-reactive ketones (excluding diaryl/α,β-unsaturated/α-hetero) is 2. The first-order valence-corrected chi connectivity index (χ1v) is 32.8. The van der Waals surface area contributed by atoms with Crippen molar-refractivity contribution >= 4 is 17.5 Å². The summed E-state index contributed by atoms with van der Waals surface area (Å²) in [6.45, 7) is 35.0. The van der Waals surface area contributed by atoms with Crippen LogP contribution < -0.4 is 0 Å². The number of ether oxygens (including phenoxy) is 2. The molecule has 6 heteroatoms. The second kappa shape index (κ2) is 50.9. The zero-order valence-corrected chi connectivity index (χ0v) is 52.6. The van der Waals surface area contributed by atoms with E-state index in [-0.39, 0.29) is 29.2 Å². The molecule has 0 saturated carbocycles. The molecule has 0 aromatic heterocycles. The number of carbonyl (C=O) groups is 3. The lowest BCUT2D eigenvalue weighted by Crippen LogP contribution is -2.34. The molecule has 0 aliphatic carbocycles. The number of esters is 1. The van der Waals surface area contributed by atoms with E-state index in [0.29, 0.717) is 17.7 Å². The van der Waals surface area contributed by atoms with Gasteiger partial charge in [0.05, 0.1) is 12.0 Å². The highest BCUT2D eigenvalue weighted by molar-refractivity contribution is 5.81. The summed E-state index contributed by atoms with van der Waals surface area (Å²) >= 11 is 0. The zero-order chi connectivity index (χ0) is 55.7. The van der Waals surface area contributed by atoms with Crippen LogP contribution in [0.1, 0.15) is 340 Å². The first-order valence-electron chi connectivity index (χ1n) is 32.8. The number of likely N-dealkylation sites (tertiary alicyclic amines) is 1. The van der Waals surface area contributed by atoms with Crippen molar-refractivity contribution in [3.63, 3.8) is 0 Å². The van der Waals surface area contributed by atoms with Crippen LogP contribution in [-0.2, 0) is 23.9 Å². The SMILES string of the molecule is C=CC(CCCCCC)CCCCCCCC.CC.CCCCCCCCC(CCCCCC)OC(=O)C(C)(C)CCCCCCOC[C@@H]1C[C@H](C(C)C(=O)CCCCC)CN1CCCCCCC(C)(C)C(C)=O. The van der Waals surface area contributed by atoms with Crippen molar-refractivity contribution in [1.82, 2.24) is 4.90 Å². The fourth-order valence-corrected chi connectivity index (χ4v) is 10.7. The van der Waals surface area contributed by atoms with E-state index in [2.05, 4.69) is 86.8 Å². The van der Waals surface area contributed by atoms with E-state index >= 15 is 0 Å². The molecule has 5 atom stereocenters. The van der Waals surface area contributed by atoms with Crippen LogP contribution in [0.15, 0.2) is 12.7 Å². The third kappa shape index (κ3) is 40.6. The van der Waals surface area contributed by atoms with Gasteiger partial charge in [0, 0.05) is 36.9 Å². The topological polar surface area (TPSA) is 72.9 Å². The number of carbonyl (C=O) groups excluding carboxylic acids is 3. The molecular formula is C68H133NO5. The molecule has 0 bridgehead atoms. The molecule has 0 amide bonds. The van der Waals surface area contributed by atoms with E-state index in [9.17, 15) is 14.4 Å². The molecule has 0 aromatic carbocycles. The summed E-state index contributed by atoms with van der Waals surface area (Å²) in [5, 5.41) is 0. The number of nitrogens with zero attached hydrogens (tertiary/aromatic N) is 1. The average molecular weight is 1040 g/mol. The number of hydrogen-bond donors (Lipinski definition) is 0. The molecule has 0 radical (unpaired) electrons. The van der Waals surface area contributed by atoms with Crippen LogP contribution in [0, 0.1) is 28.6 Å². The maximum Gasteiger partial charge on any atom is 0.311 e. The van der Waals surface area contributed by atoms with Crippen molar-refractivity contribution in [3.05, 3.63) is 12.7 Å². The summed E-state index contributed by atoms with van der Waals surface area (Å²) < 4.78 is 12.5. The highest BCUT2D eigenvalue weighted by Crippen LogP contribution is 2.33. The van der Waals surface area contributed by atoms with Crippen LogP contribution in [0.5, 0.6) is 0 Å². The summed E-state index contributed by atoms with van der Waals surface area (Å²) in [7, 11) is 0. The second-order valence-electron chi connectivity index (χ2n) is 24.4. The lowest BCUT2D eigenvalue weighted by molar-refractivity contribution is -0.161. The van der Waals surface area contributed by atoms with Gasteiger partial charge < -0.3 is 9.47 Å². The van der Waals surface area contributed by atoms with Gasteiger partial charge in [-0.25, -0.2) is 0 Å². The van der Waals surface area contributed by atoms with Crippen molar-refractivity contribution < 1.29 is 23.9 Å². The van der Waals surface area contributed by atoms with Gasteiger partial charge in [-0.05, 0) is 116 Å². The van der Waals surface area contributed by atoms with Gasteiger partial charge in [-0.2, -0.15) is 0 Å². The largest absolute Gasteiger partial charge is 0.462 e. The summed E-state index contributed by atoms with van der Waals surface area (Å²) in [6, 6.07) is 0.385. The molecule has 3 unspecified atom stereocenters. The lowest BCUT2D eigenvalue weighted by atomic mass is 9.83. The van der Waals surface area contributed by atoms with E-state index < -0.39 is 5.41 Å². The molecule has 6 nitrogen and oxygen atoms in total. The van der Waals surface area contributed by atoms with Gasteiger partial charge in [0.2, 0.25) is 0 Å². The standard InChI is InChI=1S/C49H93NO5.C17H34.C2H6/c1-10-13-16-18-19-26-32-45(31-25-17-14-11-2)55-47(53)49(8,9)35-28-21-23-30-37-54-40-44-38-43(41(4)46(52)33-24-15-12-3)39-50(44)36-29-22-20-27-34-48(6,7)42(5)51;1-4-7-9-11-12-14-16-17(6-3)15-13-10-8-5-2;1-2/h41,43-45H,10-40H2,1-9H3;6,17H,3-5,7-16H2,1-2H3;1-2H3/t41?,43-,44-,45?;;/m0../s1. The molecule has 1 rings (SSSR count). The second-order valence-corrected chi connectivity index (χ2v) is 24.4. The Kier molecular flexibility index (Phi) is 51.3. The molecule has 1 aliphatic heterocycles. The van der Waals surface area contributed by atoms with Crippen LogP contribution in [0.3, 0.4) is 0 Å². The van der Waals surface area contributed by atoms with Gasteiger partial charge in [-0.15, -0.1) is 6.58 Å². The summed E-state index contributed by atoms with van der Waals surface area (Å²) in [5.74, 6) is 2.06. The van der Waals surface area contributed by atoms with Crippen LogP contribution >= 0.6 is 0 Å². The van der Waals surface area contributed by atoms with E-state index in [0.717, 1.165) is 141 Å². The highest BCUT2D eigenvalue weighted by Gasteiger charge is 2.37. The third-order valence-electron chi connectivity index (χ3n) is 16.7. The molecule has 0 aromatic rings. The van der Waals surface area contributed by atoms with Crippen molar-refractivity contribution in [1.29, 1.82) is 0 Å². The van der Waals surface area contributed by atoms with Crippen LogP contribution in [-0.4, -0.2) is 60.9 Å². The average Bonchev–Trinajstić information content (AvgIpc) is 3.79. The van der Waals surface area contributed by atoms with Crippen molar-refractivity contribution in [3.8, 4) is 0 Å². The summed E-state index contributed by atoms with van der Waals surface area (Å²) in [6.07, 6.45) is 49.4.